The maximum Gasteiger partial charge on any atom is 2.00 e. The first-order valence-electron chi connectivity index (χ1n) is 11.1. The van der Waals surface area contributed by atoms with Crippen LogP contribution in [0.25, 0.3) is 11.4 Å². The molecule has 0 aliphatic carbocycles. The Kier molecular flexibility index (Phi) is 11.9. The van der Waals surface area contributed by atoms with Crippen molar-refractivity contribution in [3.8, 4) is 11.4 Å². The largest absolute Gasteiger partial charge is 2.00 e. The fourth-order valence-corrected chi connectivity index (χ4v) is 5.74. The molecule has 0 spiro atoms. The molecule has 0 saturated carbocycles. The number of aromatic nitrogens is 4. The van der Waals surface area contributed by atoms with Gasteiger partial charge in [0.2, 0.25) is 0 Å². The van der Waals surface area contributed by atoms with E-state index in [0.29, 0.717) is 0 Å². The Hall–Kier alpha value is -1.50. The van der Waals surface area contributed by atoms with Crippen LogP contribution in [0.4, 0.5) is 0 Å². The van der Waals surface area contributed by atoms with Crippen LogP contribution in [0, 0.1) is 23.1 Å². The molecule has 0 bridgehead atoms. The van der Waals surface area contributed by atoms with Gasteiger partial charge in [0.1, 0.15) is 9.28 Å². The zero-order valence-corrected chi connectivity index (χ0v) is 26.9. The van der Waals surface area contributed by atoms with Crippen molar-refractivity contribution in [2.45, 2.75) is 39.5 Å². The SMILES string of the molecule is CCCC(c1c(C)n(C)n(-c2ccccc2)c1=S)c1c(C)n(C)n(-c2ccccc2)c1=S.[Cl-].[Cl-].[Zn+2]. The van der Waals surface area contributed by atoms with Crippen molar-refractivity contribution >= 4 is 24.4 Å². The predicted octanol–water partition coefficient (Wildman–Crippen LogP) is 0.958. The van der Waals surface area contributed by atoms with Crippen LogP contribution in [0.15, 0.2) is 60.7 Å². The van der Waals surface area contributed by atoms with Crippen molar-refractivity contribution in [2.24, 2.45) is 14.1 Å². The third-order valence-electron chi connectivity index (χ3n) is 6.47. The van der Waals surface area contributed by atoms with Crippen molar-refractivity contribution in [1.82, 2.24) is 18.7 Å². The van der Waals surface area contributed by atoms with Crippen LogP contribution < -0.4 is 24.8 Å². The zero-order chi connectivity index (χ0) is 23.0. The third kappa shape index (κ3) is 5.60. The molecule has 2 heterocycles. The fourth-order valence-electron chi connectivity index (χ4n) is 4.70. The van der Waals surface area contributed by atoms with E-state index >= 15 is 0 Å². The zero-order valence-electron chi connectivity index (χ0n) is 20.8. The van der Waals surface area contributed by atoms with Crippen LogP contribution in [0.2, 0.25) is 0 Å². The summed E-state index contributed by atoms with van der Waals surface area (Å²) in [6, 6.07) is 20.7. The molecule has 4 aromatic rings. The smallest absolute Gasteiger partial charge is 1.00 e. The molecule has 0 fully saturated rings. The van der Waals surface area contributed by atoms with Crippen molar-refractivity contribution < 1.29 is 44.3 Å². The van der Waals surface area contributed by atoms with E-state index in [1.165, 1.54) is 22.5 Å². The van der Waals surface area contributed by atoms with E-state index in [0.717, 1.165) is 33.5 Å². The molecule has 4 rings (SSSR count). The van der Waals surface area contributed by atoms with Crippen molar-refractivity contribution in [3.63, 3.8) is 0 Å². The van der Waals surface area contributed by atoms with Gasteiger partial charge in [-0.2, -0.15) is 0 Å². The average molecular weight is 599 g/mol. The molecule has 0 aliphatic heterocycles. The van der Waals surface area contributed by atoms with E-state index in [1.807, 2.05) is 36.4 Å². The second-order valence-corrected chi connectivity index (χ2v) is 9.07. The van der Waals surface area contributed by atoms with E-state index in [4.69, 9.17) is 24.4 Å². The summed E-state index contributed by atoms with van der Waals surface area (Å²) < 4.78 is 10.3. The number of hydrogen-bond donors (Lipinski definition) is 0. The molecule has 0 N–H and O–H groups in total. The van der Waals surface area contributed by atoms with Crippen molar-refractivity contribution in [3.05, 3.63) is 92.5 Å². The van der Waals surface area contributed by atoms with Crippen LogP contribution in [-0.4, -0.2) is 18.7 Å². The number of rotatable bonds is 6. The van der Waals surface area contributed by atoms with Gasteiger partial charge >= 0.3 is 19.5 Å². The van der Waals surface area contributed by atoms with Gasteiger partial charge in [-0.3, -0.25) is 9.36 Å². The summed E-state index contributed by atoms with van der Waals surface area (Å²) in [6.45, 7) is 6.56. The molecular formula is C26H30Cl2N4S2Zn. The Morgan fingerprint density at radius 2 is 1.03 bits per heavy atom. The summed E-state index contributed by atoms with van der Waals surface area (Å²) in [5.41, 5.74) is 6.92. The summed E-state index contributed by atoms with van der Waals surface area (Å²) >= 11 is 12.2. The molecule has 2 aromatic carbocycles. The number of halogens is 2. The van der Waals surface area contributed by atoms with E-state index in [1.54, 1.807) is 0 Å². The minimum atomic E-state index is 0. The Morgan fingerprint density at radius 3 is 1.34 bits per heavy atom. The van der Waals surface area contributed by atoms with Crippen LogP contribution in [0.1, 0.15) is 48.2 Å². The minimum absolute atomic E-state index is 0. The summed E-state index contributed by atoms with van der Waals surface area (Å²) in [5, 5.41) is 0. The quantitative estimate of drug-likeness (QED) is 0.244. The van der Waals surface area contributed by atoms with Crippen LogP contribution in [-0.2, 0) is 33.6 Å². The monoisotopic (exact) mass is 596 g/mol. The molecule has 0 radical (unpaired) electrons. The number of para-hydroxylation sites is 2. The fraction of sp³-hybridized carbons (Fsp3) is 0.308. The maximum absolute atomic E-state index is 6.09. The first-order chi connectivity index (χ1) is 15.4. The second-order valence-electron chi connectivity index (χ2n) is 8.29. The van der Waals surface area contributed by atoms with E-state index in [-0.39, 0.29) is 50.2 Å². The van der Waals surface area contributed by atoms with Gasteiger partial charge in [-0.25, -0.2) is 9.36 Å². The van der Waals surface area contributed by atoms with Crippen molar-refractivity contribution in [2.75, 3.05) is 0 Å². The molecule has 0 aliphatic rings. The summed E-state index contributed by atoms with van der Waals surface area (Å²) in [5.74, 6) is 0.146. The van der Waals surface area contributed by atoms with E-state index < -0.39 is 0 Å². The average Bonchev–Trinajstić information content (AvgIpc) is 3.16. The third-order valence-corrected chi connectivity index (χ3v) is 7.26. The molecule has 4 nitrogen and oxygen atoms in total. The van der Waals surface area contributed by atoms with E-state index in [2.05, 4.69) is 77.9 Å². The summed E-state index contributed by atoms with van der Waals surface area (Å²) in [4.78, 5) is 0. The number of benzene rings is 2. The van der Waals surface area contributed by atoms with Gasteiger partial charge in [-0.05, 0) is 44.5 Å². The van der Waals surface area contributed by atoms with Gasteiger partial charge in [0.15, 0.2) is 0 Å². The molecular weight excluding hydrogens is 569 g/mol. The molecule has 35 heavy (non-hydrogen) atoms. The predicted molar refractivity (Wildman–Crippen MR) is 137 cm³/mol. The Balaban J connectivity index is 0.00000204. The van der Waals surface area contributed by atoms with Gasteiger partial charge in [0.25, 0.3) is 0 Å². The molecule has 182 valence electrons. The Morgan fingerprint density at radius 1 is 0.686 bits per heavy atom. The normalized spacial score (nSPS) is 10.5. The standard InChI is InChI=1S/C26H30N4S2.2ClH.Zn/c1-6-13-22(23-18(2)27(4)29(25(23)31)20-14-9-7-10-15-20)24-19(3)28(5)30(26(24)32)21-16-11-8-12-17-21;;;/h7-12,14-17,22H,6,13H2,1-5H3;2*1H;/q;;;+2/p-2. The number of hydrogen-bond acceptors (Lipinski definition) is 2. The Bertz CT molecular complexity index is 1270. The van der Waals surface area contributed by atoms with Gasteiger partial charge in [0.05, 0.1) is 11.4 Å². The Labute approximate surface area is 243 Å². The first kappa shape index (κ1) is 31.5. The number of nitrogens with zero attached hydrogens (tertiary/aromatic N) is 4. The molecule has 9 heteroatoms. The van der Waals surface area contributed by atoms with Crippen LogP contribution >= 0.6 is 24.4 Å². The van der Waals surface area contributed by atoms with Gasteiger partial charge in [0, 0.05) is 42.5 Å². The molecule has 0 atom stereocenters. The van der Waals surface area contributed by atoms with Crippen molar-refractivity contribution in [1.29, 1.82) is 0 Å². The molecule has 0 saturated heterocycles. The van der Waals surface area contributed by atoms with E-state index in [9.17, 15) is 0 Å². The first-order valence-corrected chi connectivity index (χ1v) is 11.9. The van der Waals surface area contributed by atoms with Gasteiger partial charge in [-0.1, -0.05) is 74.2 Å². The molecule has 0 amide bonds. The topological polar surface area (TPSA) is 19.7 Å². The van der Waals surface area contributed by atoms with Crippen LogP contribution in [0.5, 0.6) is 0 Å². The van der Waals surface area contributed by atoms with Gasteiger partial charge in [-0.15, -0.1) is 0 Å². The summed E-state index contributed by atoms with van der Waals surface area (Å²) in [7, 11) is 4.17. The minimum Gasteiger partial charge on any atom is -1.00 e. The maximum atomic E-state index is 6.09. The molecule has 2 aromatic heterocycles. The molecule has 0 unspecified atom stereocenters. The summed E-state index contributed by atoms with van der Waals surface area (Å²) in [6.07, 6.45) is 2.04. The second kappa shape index (κ2) is 13.2. The van der Waals surface area contributed by atoms with Gasteiger partial charge < -0.3 is 24.8 Å². The van der Waals surface area contributed by atoms with Crippen LogP contribution in [0.3, 0.4) is 0 Å².